The van der Waals surface area contributed by atoms with Gasteiger partial charge in [0.15, 0.2) is 12.4 Å². The number of unbranched alkanes of at least 4 members (excludes halogenated alkanes) is 3. The summed E-state index contributed by atoms with van der Waals surface area (Å²) in [6.07, 6.45) is 6.96. The quantitative estimate of drug-likeness (QED) is 0.202. The standard InChI is InChI=1S/C32H46O9/c1-5-6-7-8-11-37-23-24-26(34)32(40-25(23)27(39-24)41-32)38-16-30-14-20-18(4)9-10-21(20)29(15-33)13-19(30)12-22(17(2)3)31(29,30)28(35)36/h12,15,17-21,23-27,34H,5-11,13-14,16H2,1-4H3,(H,35,36). The van der Waals surface area contributed by atoms with Gasteiger partial charge in [-0.2, -0.15) is 0 Å². The van der Waals surface area contributed by atoms with Crippen LogP contribution in [0.3, 0.4) is 0 Å². The molecule has 0 aromatic rings. The first-order chi connectivity index (χ1) is 19.6. The van der Waals surface area contributed by atoms with E-state index in [2.05, 4.69) is 19.9 Å². The second-order valence-corrected chi connectivity index (χ2v) is 14.4. The summed E-state index contributed by atoms with van der Waals surface area (Å²) in [5.41, 5.74) is -2.32. The van der Waals surface area contributed by atoms with Gasteiger partial charge in [-0.05, 0) is 55.3 Å². The molecule has 2 N–H and O–H groups in total. The molecule has 228 valence electrons. The number of fused-ring (bicyclic) bond motifs is 2. The highest BCUT2D eigenvalue weighted by Crippen LogP contribution is 2.82. The van der Waals surface area contributed by atoms with Crippen LogP contribution in [-0.4, -0.2) is 72.4 Å². The number of allylic oxidation sites excluding steroid dienone is 1. The van der Waals surface area contributed by atoms with Crippen molar-refractivity contribution in [3.8, 4) is 0 Å². The van der Waals surface area contributed by atoms with Crippen LogP contribution >= 0.6 is 0 Å². The maximum absolute atomic E-state index is 13.7. The Morgan fingerprint density at radius 2 is 1.98 bits per heavy atom. The average molecular weight is 575 g/mol. The molecule has 4 aliphatic carbocycles. The number of ether oxygens (including phenoxy) is 5. The van der Waals surface area contributed by atoms with Gasteiger partial charge in [0, 0.05) is 12.0 Å². The van der Waals surface area contributed by atoms with Gasteiger partial charge in [-0.15, -0.1) is 0 Å². The van der Waals surface area contributed by atoms with E-state index in [0.29, 0.717) is 25.4 Å². The van der Waals surface area contributed by atoms with Gasteiger partial charge in [-0.3, -0.25) is 9.53 Å². The van der Waals surface area contributed by atoms with Crippen molar-refractivity contribution >= 4 is 12.3 Å². The summed E-state index contributed by atoms with van der Waals surface area (Å²) in [6, 6.07) is 0. The number of carboxylic acids is 1. The lowest BCUT2D eigenvalue weighted by Gasteiger charge is -2.58. The minimum atomic E-state index is -1.74. The Kier molecular flexibility index (Phi) is 6.63. The highest BCUT2D eigenvalue weighted by Gasteiger charge is 2.85. The van der Waals surface area contributed by atoms with Crippen molar-refractivity contribution in [3.63, 3.8) is 0 Å². The summed E-state index contributed by atoms with van der Waals surface area (Å²) >= 11 is 0. The monoisotopic (exact) mass is 574 g/mol. The Morgan fingerprint density at radius 3 is 2.68 bits per heavy atom. The lowest BCUT2D eigenvalue weighted by molar-refractivity contribution is -0.448. The summed E-state index contributed by atoms with van der Waals surface area (Å²) in [7, 11) is 0. The number of hydrogen-bond donors (Lipinski definition) is 2. The largest absolute Gasteiger partial charge is 0.481 e. The van der Waals surface area contributed by atoms with Crippen molar-refractivity contribution in [1.29, 1.82) is 0 Å². The molecule has 9 heteroatoms. The zero-order valence-corrected chi connectivity index (χ0v) is 24.8. The minimum absolute atomic E-state index is 0.0218. The highest BCUT2D eigenvalue weighted by molar-refractivity contribution is 5.90. The maximum atomic E-state index is 13.7. The van der Waals surface area contributed by atoms with E-state index in [9.17, 15) is 19.8 Å². The van der Waals surface area contributed by atoms with Crippen LogP contribution < -0.4 is 0 Å². The summed E-state index contributed by atoms with van der Waals surface area (Å²) in [5, 5.41) is 22.6. The summed E-state index contributed by atoms with van der Waals surface area (Å²) < 4.78 is 31.0. The van der Waals surface area contributed by atoms with Crippen LogP contribution in [0.15, 0.2) is 11.6 Å². The third-order valence-corrected chi connectivity index (χ3v) is 12.4. The number of carbonyl (C=O) groups excluding carboxylic acids is 1. The SMILES string of the molecule is CCCCCCOC1C2OC3(OCC45CC6C(C)CCC6C6(C=O)CC4C=C(C(C)C)C65C(=O)O)OC2OC1C3O. The third-order valence-electron chi connectivity index (χ3n) is 12.4. The molecule has 0 spiro atoms. The Balaban J connectivity index is 1.19. The van der Waals surface area contributed by atoms with Gasteiger partial charge in [-0.25, -0.2) is 0 Å². The molecule has 4 heterocycles. The summed E-state index contributed by atoms with van der Waals surface area (Å²) in [6.45, 7) is 9.03. The van der Waals surface area contributed by atoms with Gasteiger partial charge in [0.25, 0.3) is 0 Å². The number of aliphatic hydroxyl groups excluding tert-OH is 1. The number of hydrogen-bond acceptors (Lipinski definition) is 8. The van der Waals surface area contributed by atoms with Crippen LogP contribution in [0.2, 0.25) is 0 Å². The summed E-state index contributed by atoms with van der Waals surface area (Å²) in [4.78, 5) is 26.9. The topological polar surface area (TPSA) is 121 Å². The van der Waals surface area contributed by atoms with Crippen molar-refractivity contribution in [2.75, 3.05) is 13.2 Å². The lowest BCUT2D eigenvalue weighted by Crippen LogP contribution is -2.66. The van der Waals surface area contributed by atoms with Gasteiger partial charge >= 0.3 is 11.9 Å². The molecular weight excluding hydrogens is 528 g/mol. The Bertz CT molecular complexity index is 1120. The third kappa shape index (κ3) is 3.34. The zero-order valence-electron chi connectivity index (χ0n) is 24.8. The Hall–Kier alpha value is -1.36. The van der Waals surface area contributed by atoms with Gasteiger partial charge in [0.2, 0.25) is 0 Å². The number of aliphatic carboxylic acids is 1. The summed E-state index contributed by atoms with van der Waals surface area (Å²) in [5.74, 6) is -2.11. The van der Waals surface area contributed by atoms with Crippen LogP contribution in [0.4, 0.5) is 0 Å². The molecular formula is C32H46O9. The van der Waals surface area contributed by atoms with Crippen LogP contribution in [0.25, 0.3) is 0 Å². The van der Waals surface area contributed by atoms with E-state index in [1.807, 2.05) is 13.8 Å². The Morgan fingerprint density at radius 1 is 1.17 bits per heavy atom. The van der Waals surface area contributed by atoms with E-state index in [4.69, 9.17) is 23.7 Å². The number of aliphatic hydroxyl groups is 1. The molecule has 8 rings (SSSR count). The fourth-order valence-electron chi connectivity index (χ4n) is 10.8. The molecule has 7 fully saturated rings. The number of aldehydes is 1. The van der Waals surface area contributed by atoms with Gasteiger partial charge < -0.3 is 34.0 Å². The molecule has 9 nitrogen and oxygen atoms in total. The van der Waals surface area contributed by atoms with Crippen molar-refractivity contribution in [1.82, 2.24) is 0 Å². The zero-order chi connectivity index (χ0) is 28.9. The first kappa shape index (κ1) is 28.4. The number of carboxylic acid groups (broad SMARTS) is 1. The fraction of sp³-hybridized carbons (Fsp3) is 0.875. The fourth-order valence-corrected chi connectivity index (χ4v) is 10.8. The van der Waals surface area contributed by atoms with E-state index in [1.165, 1.54) is 0 Å². The van der Waals surface area contributed by atoms with Crippen LogP contribution in [0.5, 0.6) is 0 Å². The van der Waals surface area contributed by atoms with Gasteiger partial charge in [0.1, 0.15) is 30.0 Å². The molecule has 0 amide bonds. The number of rotatable bonds is 12. The second kappa shape index (κ2) is 9.57. The smallest absolute Gasteiger partial charge is 0.316 e. The predicted molar refractivity (Wildman–Crippen MR) is 145 cm³/mol. The molecule has 0 aromatic carbocycles. The first-order valence-electron chi connectivity index (χ1n) is 16.0. The van der Waals surface area contributed by atoms with E-state index >= 15 is 0 Å². The van der Waals surface area contributed by atoms with E-state index < -0.39 is 58.9 Å². The van der Waals surface area contributed by atoms with Gasteiger partial charge in [-0.1, -0.05) is 65.0 Å². The molecule has 13 atom stereocenters. The molecule has 3 saturated carbocycles. The molecule has 8 bridgehead atoms. The molecule has 13 unspecified atom stereocenters. The molecule has 8 aliphatic rings. The van der Waals surface area contributed by atoms with Crippen LogP contribution in [0, 0.1) is 45.8 Å². The van der Waals surface area contributed by atoms with Crippen LogP contribution in [0.1, 0.15) is 79.1 Å². The highest BCUT2D eigenvalue weighted by atomic mass is 17.0. The molecule has 41 heavy (non-hydrogen) atoms. The van der Waals surface area contributed by atoms with Crippen molar-refractivity contribution in [3.05, 3.63) is 11.6 Å². The molecule has 4 saturated heterocycles. The average Bonchev–Trinajstić information content (AvgIpc) is 3.67. The molecule has 0 aromatic heterocycles. The minimum Gasteiger partial charge on any atom is -0.481 e. The number of carbonyl (C=O) groups is 2. The maximum Gasteiger partial charge on any atom is 0.316 e. The van der Waals surface area contributed by atoms with Crippen molar-refractivity contribution < 1.29 is 43.5 Å². The Labute approximate surface area is 242 Å². The predicted octanol–water partition coefficient (Wildman–Crippen LogP) is 4.06. The molecule has 0 radical (unpaired) electrons. The van der Waals surface area contributed by atoms with Crippen molar-refractivity contribution in [2.24, 2.45) is 45.8 Å². The second-order valence-electron chi connectivity index (χ2n) is 14.4. The van der Waals surface area contributed by atoms with Crippen LogP contribution in [-0.2, 0) is 33.3 Å². The lowest BCUT2D eigenvalue weighted by atomic mass is 9.43. The first-order valence-corrected chi connectivity index (χ1v) is 16.0. The van der Waals surface area contributed by atoms with E-state index in [0.717, 1.165) is 50.4 Å². The molecule has 4 aliphatic heterocycles. The van der Waals surface area contributed by atoms with Crippen molar-refractivity contribution in [2.45, 2.75) is 116 Å². The van der Waals surface area contributed by atoms with E-state index in [1.54, 1.807) is 0 Å². The normalized spacial score (nSPS) is 52.0. The van der Waals surface area contributed by atoms with E-state index in [-0.39, 0.29) is 30.3 Å². The van der Waals surface area contributed by atoms with Gasteiger partial charge in [0.05, 0.1) is 12.0 Å².